The van der Waals surface area contributed by atoms with Gasteiger partial charge >= 0.3 is 0 Å². The van der Waals surface area contributed by atoms with Gasteiger partial charge in [0.05, 0.1) is 13.1 Å². The van der Waals surface area contributed by atoms with Crippen molar-refractivity contribution in [2.45, 2.75) is 19.9 Å². The van der Waals surface area contributed by atoms with Gasteiger partial charge in [0.25, 0.3) is 0 Å². The SMILES string of the molecule is CC(C)NC(=O)CN(C)CC(=O)c1cccc(F)c1. The van der Waals surface area contributed by atoms with Gasteiger partial charge in [-0.25, -0.2) is 4.39 Å². The van der Waals surface area contributed by atoms with Crippen LogP contribution < -0.4 is 5.32 Å². The van der Waals surface area contributed by atoms with Crippen LogP contribution in [-0.2, 0) is 4.79 Å². The van der Waals surface area contributed by atoms with Crippen molar-refractivity contribution in [3.8, 4) is 0 Å². The Balaban J connectivity index is 2.50. The minimum Gasteiger partial charge on any atom is -0.353 e. The highest BCUT2D eigenvalue weighted by Gasteiger charge is 2.13. The molecule has 5 heteroatoms. The molecule has 0 bridgehead atoms. The molecule has 0 aliphatic carbocycles. The molecule has 0 radical (unpaired) electrons. The molecular formula is C14H19FN2O2. The van der Waals surface area contributed by atoms with Crippen molar-refractivity contribution >= 4 is 11.7 Å². The first kappa shape index (κ1) is 15.3. The molecule has 0 unspecified atom stereocenters. The third-order valence-corrected chi connectivity index (χ3v) is 2.42. The lowest BCUT2D eigenvalue weighted by molar-refractivity contribution is -0.122. The van der Waals surface area contributed by atoms with Crippen LogP contribution in [0.4, 0.5) is 4.39 Å². The Morgan fingerprint density at radius 2 is 2.00 bits per heavy atom. The number of carbonyl (C=O) groups is 2. The molecule has 1 aromatic carbocycles. The average Bonchev–Trinajstić information content (AvgIpc) is 2.27. The number of ketones is 1. The number of Topliss-reactive ketones (excluding diaryl/α,β-unsaturated/α-hetero) is 1. The maximum absolute atomic E-state index is 13.0. The van der Waals surface area contributed by atoms with E-state index in [0.717, 1.165) is 0 Å². The average molecular weight is 266 g/mol. The molecule has 0 fully saturated rings. The van der Waals surface area contributed by atoms with Gasteiger partial charge in [-0.2, -0.15) is 0 Å². The van der Waals surface area contributed by atoms with Gasteiger partial charge < -0.3 is 5.32 Å². The molecule has 0 saturated carbocycles. The molecule has 0 atom stereocenters. The van der Waals surface area contributed by atoms with Crippen LogP contribution in [0.1, 0.15) is 24.2 Å². The number of nitrogens with zero attached hydrogens (tertiary/aromatic N) is 1. The van der Waals surface area contributed by atoms with Crippen molar-refractivity contribution in [2.75, 3.05) is 20.1 Å². The minimum absolute atomic E-state index is 0.0693. The summed E-state index contributed by atoms with van der Waals surface area (Å²) in [6.45, 7) is 3.96. The fourth-order valence-electron chi connectivity index (χ4n) is 1.67. The van der Waals surface area contributed by atoms with Gasteiger partial charge in [0.1, 0.15) is 5.82 Å². The predicted octanol–water partition coefficient (Wildman–Crippen LogP) is 1.46. The van der Waals surface area contributed by atoms with Crippen LogP contribution in [-0.4, -0.2) is 42.8 Å². The second-order valence-electron chi connectivity index (χ2n) is 4.83. The highest BCUT2D eigenvalue weighted by atomic mass is 19.1. The maximum atomic E-state index is 13.0. The molecular weight excluding hydrogens is 247 g/mol. The molecule has 19 heavy (non-hydrogen) atoms. The van der Waals surface area contributed by atoms with Crippen LogP contribution in [0.25, 0.3) is 0 Å². The molecule has 0 aliphatic heterocycles. The van der Waals surface area contributed by atoms with Crippen molar-refractivity contribution in [3.05, 3.63) is 35.6 Å². The molecule has 4 nitrogen and oxygen atoms in total. The van der Waals surface area contributed by atoms with E-state index < -0.39 is 5.82 Å². The number of carbonyl (C=O) groups excluding carboxylic acids is 2. The summed E-state index contributed by atoms with van der Waals surface area (Å²) in [5.74, 6) is -0.782. The van der Waals surface area contributed by atoms with E-state index in [9.17, 15) is 14.0 Å². The summed E-state index contributed by atoms with van der Waals surface area (Å²) in [5, 5.41) is 2.74. The van der Waals surface area contributed by atoms with Gasteiger partial charge in [0.2, 0.25) is 5.91 Å². The van der Waals surface area contributed by atoms with Gasteiger partial charge in [0, 0.05) is 11.6 Å². The molecule has 1 aromatic rings. The molecule has 0 aliphatic rings. The third kappa shape index (κ3) is 5.61. The van der Waals surface area contributed by atoms with E-state index in [1.165, 1.54) is 18.2 Å². The molecule has 1 N–H and O–H groups in total. The highest BCUT2D eigenvalue weighted by molar-refractivity contribution is 5.97. The van der Waals surface area contributed by atoms with Crippen LogP contribution in [0, 0.1) is 5.82 Å². The van der Waals surface area contributed by atoms with Crippen LogP contribution in [0.15, 0.2) is 24.3 Å². The fraction of sp³-hybridized carbons (Fsp3) is 0.429. The van der Waals surface area contributed by atoms with E-state index in [4.69, 9.17) is 0 Å². The lowest BCUT2D eigenvalue weighted by Gasteiger charge is -2.16. The van der Waals surface area contributed by atoms with Gasteiger partial charge in [-0.05, 0) is 33.0 Å². The van der Waals surface area contributed by atoms with Crippen molar-refractivity contribution in [1.29, 1.82) is 0 Å². The molecule has 104 valence electrons. The number of benzene rings is 1. The summed E-state index contributed by atoms with van der Waals surface area (Å²) in [7, 11) is 1.68. The second kappa shape index (κ2) is 6.99. The zero-order valence-electron chi connectivity index (χ0n) is 11.4. The Labute approximate surface area is 112 Å². The number of amides is 1. The van der Waals surface area contributed by atoms with E-state index in [-0.39, 0.29) is 30.8 Å². The Bertz CT molecular complexity index is 461. The quantitative estimate of drug-likeness (QED) is 0.793. The van der Waals surface area contributed by atoms with Gasteiger partial charge in [-0.3, -0.25) is 14.5 Å². The van der Waals surface area contributed by atoms with Gasteiger partial charge in [0.15, 0.2) is 5.78 Å². The summed E-state index contributed by atoms with van der Waals surface area (Å²) < 4.78 is 13.0. The maximum Gasteiger partial charge on any atom is 0.234 e. The third-order valence-electron chi connectivity index (χ3n) is 2.42. The van der Waals surface area contributed by atoms with Crippen molar-refractivity contribution < 1.29 is 14.0 Å². The highest BCUT2D eigenvalue weighted by Crippen LogP contribution is 2.05. The fourth-order valence-corrected chi connectivity index (χ4v) is 1.67. The Morgan fingerprint density at radius 3 is 2.58 bits per heavy atom. The second-order valence-corrected chi connectivity index (χ2v) is 4.83. The topological polar surface area (TPSA) is 49.4 Å². The zero-order valence-corrected chi connectivity index (χ0v) is 11.4. The van der Waals surface area contributed by atoms with Crippen molar-refractivity contribution in [3.63, 3.8) is 0 Å². The number of hydrogen-bond acceptors (Lipinski definition) is 3. The first-order valence-electron chi connectivity index (χ1n) is 6.15. The van der Waals surface area contributed by atoms with E-state index in [1.54, 1.807) is 18.0 Å². The Morgan fingerprint density at radius 1 is 1.32 bits per heavy atom. The van der Waals surface area contributed by atoms with E-state index in [2.05, 4.69) is 5.32 Å². The first-order chi connectivity index (χ1) is 8.88. The van der Waals surface area contributed by atoms with Crippen molar-refractivity contribution in [2.24, 2.45) is 0 Å². The lowest BCUT2D eigenvalue weighted by Crippen LogP contribution is -2.40. The predicted molar refractivity (Wildman–Crippen MR) is 71.5 cm³/mol. The number of hydrogen-bond donors (Lipinski definition) is 1. The smallest absolute Gasteiger partial charge is 0.234 e. The number of rotatable bonds is 6. The first-order valence-corrected chi connectivity index (χ1v) is 6.15. The summed E-state index contributed by atoms with van der Waals surface area (Å²) in [6.07, 6.45) is 0. The molecule has 0 heterocycles. The summed E-state index contributed by atoms with van der Waals surface area (Å²) >= 11 is 0. The Kier molecular flexibility index (Phi) is 5.63. The lowest BCUT2D eigenvalue weighted by atomic mass is 10.1. The standard InChI is InChI=1S/C14H19FN2O2/c1-10(2)16-14(19)9-17(3)8-13(18)11-5-4-6-12(15)7-11/h4-7,10H,8-9H2,1-3H3,(H,16,19). The van der Waals surface area contributed by atoms with E-state index in [0.29, 0.717) is 5.56 Å². The molecule has 1 amide bonds. The minimum atomic E-state index is -0.439. The van der Waals surface area contributed by atoms with Crippen LogP contribution in [0.5, 0.6) is 0 Å². The summed E-state index contributed by atoms with van der Waals surface area (Å²) in [6, 6.07) is 5.61. The summed E-state index contributed by atoms with van der Waals surface area (Å²) in [5.41, 5.74) is 0.316. The van der Waals surface area contributed by atoms with Crippen LogP contribution in [0.3, 0.4) is 0 Å². The molecule has 0 spiro atoms. The summed E-state index contributed by atoms with van der Waals surface area (Å²) in [4.78, 5) is 25.0. The van der Waals surface area contributed by atoms with Gasteiger partial charge in [-0.1, -0.05) is 12.1 Å². The zero-order chi connectivity index (χ0) is 14.4. The number of halogens is 1. The largest absolute Gasteiger partial charge is 0.353 e. The Hall–Kier alpha value is -1.75. The monoisotopic (exact) mass is 266 g/mol. The van der Waals surface area contributed by atoms with E-state index in [1.807, 2.05) is 13.8 Å². The normalized spacial score (nSPS) is 10.8. The number of likely N-dealkylation sites (N-methyl/N-ethyl adjacent to an activating group) is 1. The van der Waals surface area contributed by atoms with Crippen LogP contribution in [0.2, 0.25) is 0 Å². The van der Waals surface area contributed by atoms with E-state index >= 15 is 0 Å². The van der Waals surface area contributed by atoms with Gasteiger partial charge in [-0.15, -0.1) is 0 Å². The van der Waals surface area contributed by atoms with Crippen molar-refractivity contribution in [1.82, 2.24) is 10.2 Å². The molecule has 0 aromatic heterocycles. The molecule has 1 rings (SSSR count). The molecule has 0 saturated heterocycles. The number of nitrogens with one attached hydrogen (secondary N) is 1. The van der Waals surface area contributed by atoms with Crippen LogP contribution >= 0.6 is 0 Å².